The molecule has 2 rings (SSSR count). The van der Waals surface area contributed by atoms with E-state index in [0.29, 0.717) is 17.8 Å². The molecule has 0 bridgehead atoms. The van der Waals surface area contributed by atoms with Gasteiger partial charge in [-0.25, -0.2) is 4.98 Å². The first-order valence-corrected chi connectivity index (χ1v) is 5.96. The Kier molecular flexibility index (Phi) is 3.71. The molecule has 1 heterocycles. The molecule has 90 valence electrons. The van der Waals surface area contributed by atoms with E-state index in [1.165, 1.54) is 0 Å². The Labute approximate surface area is 105 Å². The van der Waals surface area contributed by atoms with Crippen LogP contribution in [0.5, 0.6) is 0 Å². The first kappa shape index (κ1) is 12.0. The highest BCUT2D eigenvalue weighted by Crippen LogP contribution is 2.16. The summed E-state index contributed by atoms with van der Waals surface area (Å²) in [7, 11) is 0. The molecule has 0 saturated carbocycles. The summed E-state index contributed by atoms with van der Waals surface area (Å²) in [4.78, 5) is 4.96. The molecule has 0 aliphatic carbocycles. The van der Waals surface area contributed by atoms with E-state index in [0.717, 1.165) is 23.4 Å². The summed E-state index contributed by atoms with van der Waals surface area (Å²) in [6.07, 6.45) is 1.19. The van der Waals surface area contributed by atoms with Gasteiger partial charge in [-0.1, -0.05) is 24.4 Å². The van der Waals surface area contributed by atoms with Gasteiger partial charge in [0.05, 0.1) is 22.4 Å². The molecular formula is C12H15N3OS. The Balaban J connectivity index is 2.44. The number of rotatable bonds is 5. The van der Waals surface area contributed by atoms with Gasteiger partial charge in [-0.3, -0.25) is 0 Å². The normalized spacial score (nSPS) is 10.9. The predicted octanol–water partition coefficient (Wildman–Crippen LogP) is 1.25. The summed E-state index contributed by atoms with van der Waals surface area (Å²) in [5, 5.41) is 8.93. The van der Waals surface area contributed by atoms with Gasteiger partial charge in [0.25, 0.3) is 0 Å². The number of hydrogen-bond acceptors (Lipinski definition) is 3. The van der Waals surface area contributed by atoms with Crippen LogP contribution in [0.25, 0.3) is 11.0 Å². The number of nitrogens with zero attached hydrogens (tertiary/aromatic N) is 2. The molecule has 0 unspecified atom stereocenters. The van der Waals surface area contributed by atoms with E-state index in [1.807, 2.05) is 24.3 Å². The van der Waals surface area contributed by atoms with Crippen molar-refractivity contribution >= 4 is 28.2 Å². The predicted molar refractivity (Wildman–Crippen MR) is 71.9 cm³/mol. The average molecular weight is 249 g/mol. The second-order valence-electron chi connectivity index (χ2n) is 3.89. The number of aliphatic hydroxyl groups excluding tert-OH is 1. The summed E-state index contributed by atoms with van der Waals surface area (Å²) in [5.41, 5.74) is 7.58. The standard InChI is InChI=1S/C12H15N3OS/c13-11(17)8-12-14-9-4-1-2-5-10(9)15(12)6-3-7-16/h1-2,4-5,16H,3,6-8H2,(H2,13,17). The molecule has 5 heteroatoms. The van der Waals surface area contributed by atoms with Crippen molar-refractivity contribution in [2.75, 3.05) is 6.61 Å². The molecule has 0 spiro atoms. The first-order chi connectivity index (χ1) is 8.22. The molecule has 2 aromatic rings. The summed E-state index contributed by atoms with van der Waals surface area (Å²) < 4.78 is 2.07. The number of para-hydroxylation sites is 2. The van der Waals surface area contributed by atoms with Crippen molar-refractivity contribution < 1.29 is 5.11 Å². The van der Waals surface area contributed by atoms with Crippen molar-refractivity contribution in [1.29, 1.82) is 0 Å². The quantitative estimate of drug-likeness (QED) is 0.783. The smallest absolute Gasteiger partial charge is 0.116 e. The van der Waals surface area contributed by atoms with Gasteiger partial charge in [-0.05, 0) is 18.6 Å². The van der Waals surface area contributed by atoms with Crippen LogP contribution in [0.3, 0.4) is 0 Å². The van der Waals surface area contributed by atoms with Gasteiger partial charge in [0.2, 0.25) is 0 Å². The van der Waals surface area contributed by atoms with Gasteiger partial charge >= 0.3 is 0 Å². The van der Waals surface area contributed by atoms with Gasteiger partial charge < -0.3 is 15.4 Å². The maximum absolute atomic E-state index is 8.93. The summed E-state index contributed by atoms with van der Waals surface area (Å²) in [5.74, 6) is 0.868. The van der Waals surface area contributed by atoms with Crippen LogP contribution >= 0.6 is 12.2 Å². The van der Waals surface area contributed by atoms with Crippen LogP contribution in [0.4, 0.5) is 0 Å². The largest absolute Gasteiger partial charge is 0.396 e. The van der Waals surface area contributed by atoms with E-state index in [1.54, 1.807) is 0 Å². The van der Waals surface area contributed by atoms with Crippen molar-refractivity contribution in [1.82, 2.24) is 9.55 Å². The molecule has 4 nitrogen and oxygen atoms in total. The molecule has 0 aliphatic rings. The van der Waals surface area contributed by atoms with Crippen LogP contribution < -0.4 is 5.73 Å². The number of benzene rings is 1. The number of hydrogen-bond donors (Lipinski definition) is 2. The Hall–Kier alpha value is -1.46. The van der Waals surface area contributed by atoms with Crippen molar-refractivity contribution in [3.63, 3.8) is 0 Å². The second-order valence-corrected chi connectivity index (χ2v) is 4.41. The SMILES string of the molecule is NC(=S)Cc1nc2ccccc2n1CCCO. The first-order valence-electron chi connectivity index (χ1n) is 5.55. The van der Waals surface area contributed by atoms with E-state index in [9.17, 15) is 0 Å². The van der Waals surface area contributed by atoms with Crippen LogP contribution in [-0.2, 0) is 13.0 Å². The topological polar surface area (TPSA) is 64.1 Å². The number of aryl methyl sites for hydroxylation is 1. The highest BCUT2D eigenvalue weighted by molar-refractivity contribution is 7.80. The summed E-state index contributed by atoms with van der Waals surface area (Å²) in [6.45, 7) is 0.897. The fourth-order valence-electron chi connectivity index (χ4n) is 1.89. The summed E-state index contributed by atoms with van der Waals surface area (Å²) >= 11 is 4.93. The van der Waals surface area contributed by atoms with Crippen LogP contribution in [0, 0.1) is 0 Å². The number of aliphatic hydroxyl groups is 1. The maximum Gasteiger partial charge on any atom is 0.116 e. The lowest BCUT2D eigenvalue weighted by atomic mass is 10.3. The molecule has 0 atom stereocenters. The fourth-order valence-corrected chi connectivity index (χ4v) is 2.02. The van der Waals surface area contributed by atoms with Crippen LogP contribution in [0.2, 0.25) is 0 Å². The molecule has 0 fully saturated rings. The average Bonchev–Trinajstić information content (AvgIpc) is 2.63. The lowest BCUT2D eigenvalue weighted by Crippen LogP contribution is -2.15. The van der Waals surface area contributed by atoms with Crippen molar-refractivity contribution in [3.05, 3.63) is 30.1 Å². The van der Waals surface area contributed by atoms with Crippen molar-refractivity contribution in [3.8, 4) is 0 Å². The molecule has 0 aliphatic heterocycles. The van der Waals surface area contributed by atoms with Gasteiger partial charge in [0.15, 0.2) is 0 Å². The molecule has 0 amide bonds. The zero-order valence-electron chi connectivity index (χ0n) is 9.47. The molecule has 0 saturated heterocycles. The minimum absolute atomic E-state index is 0.166. The lowest BCUT2D eigenvalue weighted by molar-refractivity contribution is 0.280. The van der Waals surface area contributed by atoms with Crippen LogP contribution in [-0.4, -0.2) is 26.3 Å². The van der Waals surface area contributed by atoms with Gasteiger partial charge in [0.1, 0.15) is 5.82 Å². The number of fused-ring (bicyclic) bond motifs is 1. The van der Waals surface area contributed by atoms with E-state index < -0.39 is 0 Å². The van der Waals surface area contributed by atoms with Crippen LogP contribution in [0.1, 0.15) is 12.2 Å². The third-order valence-corrected chi connectivity index (χ3v) is 2.75. The van der Waals surface area contributed by atoms with Gasteiger partial charge in [0, 0.05) is 13.2 Å². The lowest BCUT2D eigenvalue weighted by Gasteiger charge is -2.07. The van der Waals surface area contributed by atoms with Crippen molar-refractivity contribution in [2.45, 2.75) is 19.4 Å². The zero-order valence-corrected chi connectivity index (χ0v) is 10.3. The molecule has 0 radical (unpaired) electrons. The maximum atomic E-state index is 8.93. The Bertz CT molecular complexity index is 536. The minimum atomic E-state index is 0.166. The molecule has 17 heavy (non-hydrogen) atoms. The van der Waals surface area contributed by atoms with E-state index in [-0.39, 0.29) is 6.61 Å². The molecule has 1 aromatic heterocycles. The van der Waals surface area contributed by atoms with E-state index in [4.69, 9.17) is 23.1 Å². The summed E-state index contributed by atoms with van der Waals surface area (Å²) in [6, 6.07) is 7.91. The van der Waals surface area contributed by atoms with Gasteiger partial charge in [-0.15, -0.1) is 0 Å². The highest BCUT2D eigenvalue weighted by atomic mass is 32.1. The third kappa shape index (κ3) is 2.62. The number of nitrogens with two attached hydrogens (primary N) is 1. The third-order valence-electron chi connectivity index (χ3n) is 2.61. The van der Waals surface area contributed by atoms with E-state index >= 15 is 0 Å². The monoisotopic (exact) mass is 249 g/mol. The Morgan fingerprint density at radius 2 is 2.18 bits per heavy atom. The molecule has 1 aromatic carbocycles. The molecular weight excluding hydrogens is 234 g/mol. The van der Waals surface area contributed by atoms with E-state index in [2.05, 4.69) is 9.55 Å². The second kappa shape index (κ2) is 5.25. The minimum Gasteiger partial charge on any atom is -0.396 e. The Morgan fingerprint density at radius 1 is 1.41 bits per heavy atom. The highest BCUT2D eigenvalue weighted by Gasteiger charge is 2.10. The molecule has 3 N–H and O–H groups in total. The number of thiocarbonyl (C=S) groups is 1. The fraction of sp³-hybridized carbons (Fsp3) is 0.333. The number of aromatic nitrogens is 2. The van der Waals surface area contributed by atoms with Gasteiger partial charge in [-0.2, -0.15) is 0 Å². The van der Waals surface area contributed by atoms with Crippen LogP contribution in [0.15, 0.2) is 24.3 Å². The van der Waals surface area contributed by atoms with Crippen molar-refractivity contribution in [2.24, 2.45) is 5.73 Å². The number of imidazole rings is 1. The zero-order chi connectivity index (χ0) is 12.3. The Morgan fingerprint density at radius 3 is 2.88 bits per heavy atom.